The van der Waals surface area contributed by atoms with Crippen molar-refractivity contribution in [2.24, 2.45) is 0 Å². The van der Waals surface area contributed by atoms with Crippen LogP contribution in [0, 0.1) is 11.6 Å². The van der Waals surface area contributed by atoms with Crippen molar-refractivity contribution in [3.05, 3.63) is 46.6 Å². The van der Waals surface area contributed by atoms with E-state index in [-0.39, 0.29) is 5.56 Å². The molecule has 0 saturated carbocycles. The van der Waals surface area contributed by atoms with E-state index in [4.69, 9.17) is 5.73 Å². The number of benzene rings is 1. The number of rotatable bonds is 1. The summed E-state index contributed by atoms with van der Waals surface area (Å²) in [6.07, 6.45) is 1.40. The van der Waals surface area contributed by atoms with Crippen LogP contribution in [-0.4, -0.2) is 4.98 Å². The SMILES string of the molecule is Nc1ncc(-c2cccc(F)c2F)cc1Br. The fourth-order valence-electron chi connectivity index (χ4n) is 1.32. The molecule has 0 atom stereocenters. The molecule has 1 heterocycles. The Balaban J connectivity index is 2.59. The summed E-state index contributed by atoms with van der Waals surface area (Å²) in [6, 6.07) is 5.59. The molecule has 82 valence electrons. The third kappa shape index (κ3) is 1.90. The first kappa shape index (κ1) is 11.0. The summed E-state index contributed by atoms with van der Waals surface area (Å²) in [6.45, 7) is 0. The minimum atomic E-state index is -0.888. The van der Waals surface area contributed by atoms with E-state index in [1.54, 1.807) is 6.07 Å². The van der Waals surface area contributed by atoms with E-state index in [9.17, 15) is 8.78 Å². The molecule has 0 aliphatic carbocycles. The lowest BCUT2D eigenvalue weighted by Crippen LogP contribution is -1.94. The van der Waals surface area contributed by atoms with Crippen LogP contribution < -0.4 is 5.73 Å². The van der Waals surface area contributed by atoms with Crippen molar-refractivity contribution in [3.63, 3.8) is 0 Å². The molecule has 0 spiro atoms. The maximum atomic E-state index is 13.5. The second-order valence-electron chi connectivity index (χ2n) is 3.19. The van der Waals surface area contributed by atoms with Crippen molar-refractivity contribution in [1.29, 1.82) is 0 Å². The van der Waals surface area contributed by atoms with Crippen LogP contribution in [0.4, 0.5) is 14.6 Å². The molecule has 0 aliphatic rings. The maximum absolute atomic E-state index is 13.5. The minimum absolute atomic E-state index is 0.160. The van der Waals surface area contributed by atoms with Gasteiger partial charge in [0.05, 0.1) is 4.47 Å². The van der Waals surface area contributed by atoms with Gasteiger partial charge in [-0.25, -0.2) is 13.8 Å². The molecule has 0 radical (unpaired) electrons. The van der Waals surface area contributed by atoms with Crippen molar-refractivity contribution < 1.29 is 8.78 Å². The zero-order valence-electron chi connectivity index (χ0n) is 8.05. The summed E-state index contributed by atoms with van der Waals surface area (Å²) in [5, 5.41) is 0. The third-order valence-electron chi connectivity index (χ3n) is 2.13. The molecule has 1 aromatic carbocycles. The molecule has 0 aliphatic heterocycles. The van der Waals surface area contributed by atoms with Gasteiger partial charge >= 0.3 is 0 Å². The second-order valence-corrected chi connectivity index (χ2v) is 4.05. The molecule has 0 bridgehead atoms. The highest BCUT2D eigenvalue weighted by atomic mass is 79.9. The molecule has 5 heteroatoms. The van der Waals surface area contributed by atoms with Crippen molar-refractivity contribution in [3.8, 4) is 11.1 Å². The molecule has 2 nitrogen and oxygen atoms in total. The van der Waals surface area contributed by atoms with Crippen LogP contribution in [0.25, 0.3) is 11.1 Å². The Morgan fingerprint density at radius 1 is 1.25 bits per heavy atom. The van der Waals surface area contributed by atoms with Crippen LogP contribution in [0.1, 0.15) is 0 Å². The lowest BCUT2D eigenvalue weighted by Gasteiger charge is -2.05. The monoisotopic (exact) mass is 284 g/mol. The molecular formula is C11H7BrF2N2. The number of nitrogen functional groups attached to an aromatic ring is 1. The third-order valence-corrected chi connectivity index (χ3v) is 2.77. The van der Waals surface area contributed by atoms with E-state index < -0.39 is 11.6 Å². The molecule has 2 rings (SSSR count). The van der Waals surface area contributed by atoms with Crippen LogP contribution in [0.3, 0.4) is 0 Å². The van der Waals surface area contributed by atoms with E-state index in [1.165, 1.54) is 18.3 Å². The van der Waals surface area contributed by atoms with Gasteiger partial charge in [0.1, 0.15) is 5.82 Å². The maximum Gasteiger partial charge on any atom is 0.166 e. The normalized spacial score (nSPS) is 10.4. The Kier molecular flexibility index (Phi) is 2.87. The van der Waals surface area contributed by atoms with Gasteiger partial charge in [0.2, 0.25) is 0 Å². The van der Waals surface area contributed by atoms with Gasteiger partial charge in [-0.05, 0) is 28.1 Å². The highest BCUT2D eigenvalue weighted by Gasteiger charge is 2.10. The van der Waals surface area contributed by atoms with Gasteiger partial charge in [0.15, 0.2) is 11.6 Å². The van der Waals surface area contributed by atoms with Gasteiger partial charge in [-0.15, -0.1) is 0 Å². The van der Waals surface area contributed by atoms with Crippen molar-refractivity contribution in [1.82, 2.24) is 4.98 Å². The molecule has 16 heavy (non-hydrogen) atoms. The highest BCUT2D eigenvalue weighted by Crippen LogP contribution is 2.28. The zero-order valence-corrected chi connectivity index (χ0v) is 9.63. The van der Waals surface area contributed by atoms with Crippen LogP contribution in [0.5, 0.6) is 0 Å². The number of hydrogen-bond acceptors (Lipinski definition) is 2. The Morgan fingerprint density at radius 3 is 2.69 bits per heavy atom. The predicted molar refractivity (Wildman–Crippen MR) is 61.7 cm³/mol. The lowest BCUT2D eigenvalue weighted by atomic mass is 10.1. The van der Waals surface area contributed by atoms with Gasteiger partial charge in [-0.2, -0.15) is 0 Å². The summed E-state index contributed by atoms with van der Waals surface area (Å²) in [7, 11) is 0. The topological polar surface area (TPSA) is 38.9 Å². The van der Waals surface area contributed by atoms with Crippen LogP contribution in [-0.2, 0) is 0 Å². The van der Waals surface area contributed by atoms with Gasteiger partial charge in [0.25, 0.3) is 0 Å². The molecule has 0 unspecified atom stereocenters. The predicted octanol–water partition coefficient (Wildman–Crippen LogP) is 3.37. The smallest absolute Gasteiger partial charge is 0.166 e. The minimum Gasteiger partial charge on any atom is -0.383 e. The van der Waals surface area contributed by atoms with Gasteiger partial charge < -0.3 is 5.73 Å². The van der Waals surface area contributed by atoms with Gasteiger partial charge in [0, 0.05) is 17.3 Å². The molecule has 2 aromatic rings. The number of nitrogens with zero attached hydrogens (tertiary/aromatic N) is 1. The molecule has 0 amide bonds. The first-order valence-electron chi connectivity index (χ1n) is 4.45. The van der Waals surface area contributed by atoms with E-state index >= 15 is 0 Å². The van der Waals surface area contributed by atoms with Crippen molar-refractivity contribution >= 4 is 21.7 Å². The van der Waals surface area contributed by atoms with Gasteiger partial charge in [-0.3, -0.25) is 0 Å². The molecule has 2 N–H and O–H groups in total. The van der Waals surface area contributed by atoms with Crippen LogP contribution in [0.2, 0.25) is 0 Å². The first-order valence-corrected chi connectivity index (χ1v) is 5.24. The number of anilines is 1. The number of halogens is 3. The molecular weight excluding hydrogens is 278 g/mol. The quantitative estimate of drug-likeness (QED) is 0.872. The Labute approximate surface area is 99.2 Å². The van der Waals surface area contributed by atoms with Crippen molar-refractivity contribution in [2.45, 2.75) is 0 Å². The van der Waals surface area contributed by atoms with Crippen LogP contribution >= 0.6 is 15.9 Å². The first-order chi connectivity index (χ1) is 7.59. The van der Waals surface area contributed by atoms with Crippen molar-refractivity contribution in [2.75, 3.05) is 5.73 Å². The number of pyridine rings is 1. The summed E-state index contributed by atoms with van der Waals surface area (Å²) in [4.78, 5) is 3.87. The lowest BCUT2D eigenvalue weighted by molar-refractivity contribution is 0.511. The number of hydrogen-bond donors (Lipinski definition) is 1. The standard InChI is InChI=1S/C11H7BrF2N2/c12-8-4-6(5-16-11(8)15)7-2-1-3-9(13)10(7)14/h1-5H,(H2,15,16). The zero-order chi connectivity index (χ0) is 11.7. The van der Waals surface area contributed by atoms with E-state index in [2.05, 4.69) is 20.9 Å². The molecule has 1 aromatic heterocycles. The average molecular weight is 285 g/mol. The second kappa shape index (κ2) is 4.17. The highest BCUT2D eigenvalue weighted by molar-refractivity contribution is 9.10. The average Bonchev–Trinajstić information content (AvgIpc) is 2.26. The summed E-state index contributed by atoms with van der Waals surface area (Å²) < 4.78 is 27.0. The summed E-state index contributed by atoms with van der Waals surface area (Å²) in [5.74, 6) is -1.47. The number of nitrogens with two attached hydrogens (primary N) is 1. The van der Waals surface area contributed by atoms with E-state index in [1.807, 2.05) is 0 Å². The molecule has 0 fully saturated rings. The van der Waals surface area contributed by atoms with E-state index in [0.29, 0.717) is 15.9 Å². The molecule has 0 saturated heterocycles. The fourth-order valence-corrected chi connectivity index (χ4v) is 1.67. The fraction of sp³-hybridized carbons (Fsp3) is 0. The summed E-state index contributed by atoms with van der Waals surface area (Å²) >= 11 is 3.18. The van der Waals surface area contributed by atoms with E-state index in [0.717, 1.165) is 6.07 Å². The Bertz CT molecular complexity index is 544. The van der Waals surface area contributed by atoms with Crippen LogP contribution in [0.15, 0.2) is 34.9 Å². The summed E-state index contributed by atoms with van der Waals surface area (Å²) in [5.41, 5.74) is 6.14. The largest absolute Gasteiger partial charge is 0.383 e. The number of aromatic nitrogens is 1. The van der Waals surface area contributed by atoms with Gasteiger partial charge in [-0.1, -0.05) is 12.1 Å². The Hall–Kier alpha value is -1.49. The Morgan fingerprint density at radius 2 is 2.00 bits per heavy atom.